The van der Waals surface area contributed by atoms with Gasteiger partial charge >= 0.3 is 0 Å². The van der Waals surface area contributed by atoms with Gasteiger partial charge in [0, 0.05) is 12.3 Å². The zero-order valence-corrected chi connectivity index (χ0v) is 13.3. The third kappa shape index (κ3) is 4.17. The molecule has 2 heterocycles. The average molecular weight is 284 g/mol. The van der Waals surface area contributed by atoms with Gasteiger partial charge in [-0.3, -0.25) is 0 Å². The Kier molecular flexibility index (Phi) is 5.20. The van der Waals surface area contributed by atoms with Crippen LogP contribution >= 0.6 is 8.58 Å². The van der Waals surface area contributed by atoms with Crippen LogP contribution in [0.3, 0.4) is 0 Å². The highest BCUT2D eigenvalue weighted by atomic mass is 31.1. The Bertz CT molecular complexity index is 332. The summed E-state index contributed by atoms with van der Waals surface area (Å²) in [7, 11) is 0.755. The van der Waals surface area contributed by atoms with E-state index in [0.29, 0.717) is 23.9 Å². The maximum absolute atomic E-state index is 5.63. The van der Waals surface area contributed by atoms with Crippen molar-refractivity contribution in [2.45, 2.75) is 39.8 Å². The summed E-state index contributed by atoms with van der Waals surface area (Å²) in [5, 5.41) is 0. The van der Waals surface area contributed by atoms with E-state index in [0.717, 1.165) is 45.9 Å². The molecular weight excluding hydrogens is 259 g/mol. The van der Waals surface area contributed by atoms with Gasteiger partial charge in [-0.05, 0) is 11.8 Å². The minimum absolute atomic E-state index is 0.352. The summed E-state index contributed by atoms with van der Waals surface area (Å²) in [6, 6.07) is 0.704. The van der Waals surface area contributed by atoms with Crippen LogP contribution in [0.5, 0.6) is 0 Å². The van der Waals surface area contributed by atoms with Crippen LogP contribution in [0.1, 0.15) is 27.7 Å². The minimum atomic E-state index is 0.352. The van der Waals surface area contributed by atoms with E-state index in [1.54, 1.807) is 0 Å². The SMILES string of the molecule is CC(C)[C@@H]1COC(CPCC2=N[C@@H](C(C)C)CO2)=N1. The predicted octanol–water partition coefficient (Wildman–Crippen LogP) is 2.57. The van der Waals surface area contributed by atoms with E-state index in [1.807, 2.05) is 0 Å². The minimum Gasteiger partial charge on any atom is -0.478 e. The number of ether oxygens (including phenoxy) is 2. The van der Waals surface area contributed by atoms with Gasteiger partial charge < -0.3 is 9.47 Å². The molecule has 0 aromatic carbocycles. The highest BCUT2D eigenvalue weighted by molar-refractivity contribution is 7.40. The van der Waals surface area contributed by atoms with E-state index in [4.69, 9.17) is 9.47 Å². The molecule has 0 spiro atoms. The van der Waals surface area contributed by atoms with Crippen LogP contribution in [0.15, 0.2) is 9.98 Å². The number of rotatable bonds is 6. The Morgan fingerprint density at radius 3 is 1.68 bits per heavy atom. The van der Waals surface area contributed by atoms with E-state index < -0.39 is 0 Å². The summed E-state index contributed by atoms with van der Waals surface area (Å²) in [6.45, 7) is 10.3. The molecule has 108 valence electrons. The van der Waals surface area contributed by atoms with Crippen molar-refractivity contribution in [3.63, 3.8) is 0 Å². The lowest BCUT2D eigenvalue weighted by Crippen LogP contribution is -2.13. The van der Waals surface area contributed by atoms with Gasteiger partial charge in [-0.1, -0.05) is 27.7 Å². The Hall–Kier alpha value is -0.630. The lowest BCUT2D eigenvalue weighted by Gasteiger charge is -2.06. The second-order valence-electron chi connectivity index (χ2n) is 5.89. The average Bonchev–Trinajstić information content (AvgIpc) is 2.97. The fourth-order valence-electron chi connectivity index (χ4n) is 2.03. The van der Waals surface area contributed by atoms with Gasteiger partial charge in [0.05, 0.1) is 12.1 Å². The Labute approximate surface area is 117 Å². The summed E-state index contributed by atoms with van der Waals surface area (Å²) in [6.07, 6.45) is 1.86. The van der Waals surface area contributed by atoms with Crippen molar-refractivity contribution in [2.75, 3.05) is 25.5 Å². The number of hydrogen-bond acceptors (Lipinski definition) is 4. The highest BCUT2D eigenvalue weighted by Crippen LogP contribution is 2.21. The van der Waals surface area contributed by atoms with Crippen molar-refractivity contribution >= 4 is 20.4 Å². The monoisotopic (exact) mass is 284 g/mol. The lowest BCUT2D eigenvalue weighted by atomic mass is 10.1. The molecule has 1 unspecified atom stereocenters. The van der Waals surface area contributed by atoms with Crippen molar-refractivity contribution in [2.24, 2.45) is 21.8 Å². The number of nitrogens with zero attached hydrogens (tertiary/aromatic N) is 2. The van der Waals surface area contributed by atoms with Crippen molar-refractivity contribution < 1.29 is 9.47 Å². The molecule has 2 aliphatic heterocycles. The Balaban J connectivity index is 1.70. The van der Waals surface area contributed by atoms with Crippen molar-refractivity contribution in [3.05, 3.63) is 0 Å². The molecule has 0 aliphatic carbocycles. The summed E-state index contributed by atoms with van der Waals surface area (Å²) >= 11 is 0. The van der Waals surface area contributed by atoms with E-state index in [9.17, 15) is 0 Å². The first-order valence-corrected chi connectivity index (χ1v) is 8.57. The summed E-state index contributed by atoms with van der Waals surface area (Å²) in [5.41, 5.74) is 0. The van der Waals surface area contributed by atoms with Crippen molar-refractivity contribution in [1.29, 1.82) is 0 Å². The van der Waals surface area contributed by atoms with Crippen molar-refractivity contribution in [1.82, 2.24) is 0 Å². The molecule has 2 aliphatic rings. The van der Waals surface area contributed by atoms with Crippen LogP contribution in [0.4, 0.5) is 0 Å². The molecule has 0 saturated heterocycles. The number of hydrogen-bond donors (Lipinski definition) is 0. The van der Waals surface area contributed by atoms with Gasteiger partial charge in [0.15, 0.2) is 11.8 Å². The summed E-state index contributed by atoms with van der Waals surface area (Å²) in [5.74, 6) is 2.98. The fourth-order valence-corrected chi connectivity index (χ4v) is 2.97. The van der Waals surface area contributed by atoms with E-state index in [1.165, 1.54) is 0 Å². The van der Waals surface area contributed by atoms with Crippen LogP contribution in [0, 0.1) is 11.8 Å². The molecule has 0 aromatic rings. The summed E-state index contributed by atoms with van der Waals surface area (Å²) < 4.78 is 11.3. The quantitative estimate of drug-likeness (QED) is 0.704. The molecule has 5 heteroatoms. The molecule has 0 radical (unpaired) electrons. The van der Waals surface area contributed by atoms with E-state index in [-0.39, 0.29) is 0 Å². The second-order valence-corrected chi connectivity index (χ2v) is 7.10. The first-order chi connectivity index (χ1) is 9.06. The lowest BCUT2D eigenvalue weighted by molar-refractivity contribution is 0.289. The van der Waals surface area contributed by atoms with Crippen LogP contribution in [-0.2, 0) is 9.47 Å². The molecule has 19 heavy (non-hydrogen) atoms. The van der Waals surface area contributed by atoms with Gasteiger partial charge in [-0.2, -0.15) is 0 Å². The molecule has 2 rings (SSSR count). The molecule has 3 atom stereocenters. The van der Waals surface area contributed by atoms with Gasteiger partial charge in [0.1, 0.15) is 13.2 Å². The number of aliphatic imine (C=N–C) groups is 2. The van der Waals surface area contributed by atoms with Crippen LogP contribution < -0.4 is 0 Å². The van der Waals surface area contributed by atoms with Gasteiger partial charge in [0.25, 0.3) is 0 Å². The largest absolute Gasteiger partial charge is 0.478 e. The second kappa shape index (κ2) is 6.69. The van der Waals surface area contributed by atoms with Crippen LogP contribution in [0.2, 0.25) is 0 Å². The Morgan fingerprint density at radius 1 is 0.947 bits per heavy atom. The maximum atomic E-state index is 5.63. The molecule has 0 bridgehead atoms. The van der Waals surface area contributed by atoms with Gasteiger partial charge in [0.2, 0.25) is 0 Å². The smallest absolute Gasteiger partial charge is 0.187 e. The van der Waals surface area contributed by atoms with E-state index >= 15 is 0 Å². The third-order valence-corrected chi connectivity index (χ3v) is 4.66. The molecular formula is C14H25N2O2P. The highest BCUT2D eigenvalue weighted by Gasteiger charge is 2.23. The van der Waals surface area contributed by atoms with Gasteiger partial charge in [-0.25, -0.2) is 9.98 Å². The molecule has 0 N–H and O–H groups in total. The standard InChI is InChI=1S/C14H25N2O2P/c1-9(2)11-5-17-13(15-11)7-19-8-14-16-12(6-18-14)10(3)4/h9-12,19H,5-8H2,1-4H3/t11-,12+. The predicted molar refractivity (Wildman–Crippen MR) is 82.1 cm³/mol. The summed E-state index contributed by atoms with van der Waals surface area (Å²) in [4.78, 5) is 9.23. The zero-order chi connectivity index (χ0) is 13.8. The third-order valence-electron chi connectivity index (χ3n) is 3.55. The molecule has 0 fully saturated rings. The zero-order valence-electron chi connectivity index (χ0n) is 12.3. The van der Waals surface area contributed by atoms with Crippen molar-refractivity contribution in [3.8, 4) is 0 Å². The molecule has 0 amide bonds. The molecule has 0 aromatic heterocycles. The first kappa shape index (κ1) is 14.8. The normalized spacial score (nSPS) is 27.1. The maximum Gasteiger partial charge on any atom is 0.187 e. The first-order valence-electron chi connectivity index (χ1n) is 7.16. The Morgan fingerprint density at radius 2 is 1.37 bits per heavy atom. The van der Waals surface area contributed by atoms with Crippen LogP contribution in [-0.4, -0.2) is 49.4 Å². The molecule has 4 nitrogen and oxygen atoms in total. The van der Waals surface area contributed by atoms with Crippen LogP contribution in [0.25, 0.3) is 0 Å². The van der Waals surface area contributed by atoms with E-state index in [2.05, 4.69) is 37.7 Å². The molecule has 0 saturated carbocycles. The fraction of sp³-hybridized carbons (Fsp3) is 0.857. The van der Waals surface area contributed by atoms with Gasteiger partial charge in [-0.15, -0.1) is 8.58 Å². The topological polar surface area (TPSA) is 43.2 Å².